The first-order valence-electron chi connectivity index (χ1n) is 6.98. The van der Waals surface area contributed by atoms with E-state index < -0.39 is 4.92 Å². The number of carbonyl (C=O) groups is 1. The Hall–Kier alpha value is -2.15. The molecule has 7 heteroatoms. The van der Waals surface area contributed by atoms with Gasteiger partial charge in [-0.05, 0) is 20.0 Å². The van der Waals surface area contributed by atoms with Crippen molar-refractivity contribution in [2.24, 2.45) is 0 Å². The van der Waals surface area contributed by atoms with E-state index in [1.165, 1.54) is 6.07 Å². The van der Waals surface area contributed by atoms with Crippen LogP contribution in [-0.4, -0.2) is 55.0 Å². The highest BCUT2D eigenvalue weighted by atomic mass is 16.6. The van der Waals surface area contributed by atoms with Gasteiger partial charge in [0, 0.05) is 44.0 Å². The Labute approximate surface area is 123 Å². The number of hydrogen-bond donors (Lipinski definition) is 1. The highest BCUT2D eigenvalue weighted by Crippen LogP contribution is 2.22. The molecule has 0 spiro atoms. The molecule has 1 aromatic rings. The maximum Gasteiger partial charge on any atom is 0.271 e. The van der Waals surface area contributed by atoms with E-state index in [1.54, 1.807) is 19.2 Å². The van der Waals surface area contributed by atoms with Crippen molar-refractivity contribution >= 4 is 17.3 Å². The van der Waals surface area contributed by atoms with Crippen molar-refractivity contribution < 1.29 is 9.72 Å². The molecule has 1 aromatic carbocycles. The second kappa shape index (κ2) is 6.53. The third kappa shape index (κ3) is 3.49. The van der Waals surface area contributed by atoms with Crippen molar-refractivity contribution in [3.63, 3.8) is 0 Å². The normalized spacial score (nSPS) is 16.7. The van der Waals surface area contributed by atoms with Gasteiger partial charge in [-0.3, -0.25) is 14.9 Å². The van der Waals surface area contributed by atoms with Gasteiger partial charge in [0.15, 0.2) is 0 Å². The standard InChI is InChI=1S/C14H20N4O3/c1-11(15-2)14(19)17-8-6-16(7-9-17)12-4-3-5-13(10-12)18(20)21/h3-5,10-11,15H,6-9H2,1-2H3. The number of likely N-dealkylation sites (N-methyl/N-ethyl adjacent to an activating group) is 1. The Morgan fingerprint density at radius 2 is 2.00 bits per heavy atom. The molecule has 1 aliphatic rings. The van der Waals surface area contributed by atoms with E-state index in [-0.39, 0.29) is 17.6 Å². The lowest BCUT2D eigenvalue weighted by molar-refractivity contribution is -0.384. The van der Waals surface area contributed by atoms with E-state index in [4.69, 9.17) is 0 Å². The summed E-state index contributed by atoms with van der Waals surface area (Å²) in [5, 5.41) is 13.8. The molecule has 114 valence electrons. The average Bonchev–Trinajstić information content (AvgIpc) is 2.53. The summed E-state index contributed by atoms with van der Waals surface area (Å²) in [7, 11) is 1.77. The molecule has 1 saturated heterocycles. The Morgan fingerprint density at radius 3 is 2.57 bits per heavy atom. The van der Waals surface area contributed by atoms with E-state index in [1.807, 2.05) is 17.9 Å². The molecule has 0 radical (unpaired) electrons. The number of rotatable bonds is 4. The summed E-state index contributed by atoms with van der Waals surface area (Å²) in [5.74, 6) is 0.0937. The molecular weight excluding hydrogens is 272 g/mol. The smallest absolute Gasteiger partial charge is 0.271 e. The van der Waals surface area contributed by atoms with Crippen LogP contribution in [0.15, 0.2) is 24.3 Å². The third-order valence-electron chi connectivity index (χ3n) is 3.80. The van der Waals surface area contributed by atoms with Crippen molar-refractivity contribution in [2.45, 2.75) is 13.0 Å². The minimum atomic E-state index is -0.391. The molecule has 2 rings (SSSR count). The van der Waals surface area contributed by atoms with Gasteiger partial charge in [0.2, 0.25) is 5.91 Å². The van der Waals surface area contributed by atoms with E-state index in [0.29, 0.717) is 26.2 Å². The minimum Gasteiger partial charge on any atom is -0.368 e. The molecular formula is C14H20N4O3. The number of hydrogen-bond acceptors (Lipinski definition) is 5. The summed E-state index contributed by atoms with van der Waals surface area (Å²) >= 11 is 0. The lowest BCUT2D eigenvalue weighted by Gasteiger charge is -2.37. The zero-order valence-corrected chi connectivity index (χ0v) is 12.3. The summed E-state index contributed by atoms with van der Waals surface area (Å²) in [6, 6.07) is 6.43. The number of nitro groups is 1. The quantitative estimate of drug-likeness (QED) is 0.657. The third-order valence-corrected chi connectivity index (χ3v) is 3.80. The molecule has 1 amide bonds. The fraction of sp³-hybridized carbons (Fsp3) is 0.500. The number of anilines is 1. The molecule has 0 aromatic heterocycles. The molecule has 1 heterocycles. The number of nitro benzene ring substituents is 1. The van der Waals surface area contributed by atoms with Crippen LogP contribution in [0.4, 0.5) is 11.4 Å². The van der Waals surface area contributed by atoms with Crippen molar-refractivity contribution in [1.82, 2.24) is 10.2 Å². The van der Waals surface area contributed by atoms with E-state index >= 15 is 0 Å². The Balaban J connectivity index is 1.99. The van der Waals surface area contributed by atoms with Crippen LogP contribution in [0.5, 0.6) is 0 Å². The van der Waals surface area contributed by atoms with E-state index in [0.717, 1.165) is 5.69 Å². The van der Waals surface area contributed by atoms with Crippen LogP contribution >= 0.6 is 0 Å². The van der Waals surface area contributed by atoms with Gasteiger partial charge >= 0.3 is 0 Å². The number of nitrogens with one attached hydrogen (secondary N) is 1. The number of piperazine rings is 1. The van der Waals surface area contributed by atoms with Crippen LogP contribution in [0.1, 0.15) is 6.92 Å². The van der Waals surface area contributed by atoms with Gasteiger partial charge in [-0.1, -0.05) is 6.07 Å². The minimum absolute atomic E-state index is 0.0924. The van der Waals surface area contributed by atoms with E-state index in [9.17, 15) is 14.9 Å². The van der Waals surface area contributed by atoms with Crippen molar-refractivity contribution in [3.8, 4) is 0 Å². The maximum absolute atomic E-state index is 12.1. The van der Waals surface area contributed by atoms with Crippen LogP contribution in [0.3, 0.4) is 0 Å². The Bertz CT molecular complexity index is 527. The fourth-order valence-electron chi connectivity index (χ4n) is 2.39. The van der Waals surface area contributed by atoms with Crippen molar-refractivity contribution in [2.75, 3.05) is 38.1 Å². The van der Waals surface area contributed by atoms with E-state index in [2.05, 4.69) is 10.2 Å². The summed E-state index contributed by atoms with van der Waals surface area (Å²) in [6.45, 7) is 4.48. The van der Waals surface area contributed by atoms with Gasteiger partial charge < -0.3 is 15.1 Å². The van der Waals surface area contributed by atoms with Crippen LogP contribution in [0.25, 0.3) is 0 Å². The first kappa shape index (κ1) is 15.2. The lowest BCUT2D eigenvalue weighted by atomic mass is 10.2. The first-order valence-corrected chi connectivity index (χ1v) is 6.98. The number of benzene rings is 1. The van der Waals surface area contributed by atoms with Crippen LogP contribution in [0.2, 0.25) is 0 Å². The van der Waals surface area contributed by atoms with Gasteiger partial charge in [0.05, 0.1) is 11.0 Å². The molecule has 7 nitrogen and oxygen atoms in total. The second-order valence-electron chi connectivity index (χ2n) is 5.10. The summed E-state index contributed by atoms with van der Waals surface area (Å²) in [5.41, 5.74) is 0.924. The molecule has 0 saturated carbocycles. The Morgan fingerprint density at radius 1 is 1.33 bits per heavy atom. The molecule has 1 unspecified atom stereocenters. The number of non-ortho nitro benzene ring substituents is 1. The largest absolute Gasteiger partial charge is 0.368 e. The second-order valence-corrected chi connectivity index (χ2v) is 5.10. The van der Waals surface area contributed by atoms with Crippen molar-refractivity contribution in [3.05, 3.63) is 34.4 Å². The molecule has 21 heavy (non-hydrogen) atoms. The summed E-state index contributed by atoms with van der Waals surface area (Å²) < 4.78 is 0. The lowest BCUT2D eigenvalue weighted by Crippen LogP contribution is -2.53. The van der Waals surface area contributed by atoms with Gasteiger partial charge in [-0.25, -0.2) is 0 Å². The topological polar surface area (TPSA) is 78.7 Å². The molecule has 1 N–H and O–H groups in total. The van der Waals surface area contributed by atoms with Gasteiger partial charge in [0.1, 0.15) is 0 Å². The monoisotopic (exact) mass is 292 g/mol. The maximum atomic E-state index is 12.1. The van der Waals surface area contributed by atoms with Gasteiger partial charge in [-0.2, -0.15) is 0 Å². The molecule has 1 fully saturated rings. The predicted octanol–water partition coefficient (Wildman–Crippen LogP) is 0.851. The first-order chi connectivity index (χ1) is 10.0. The predicted molar refractivity (Wildman–Crippen MR) is 80.4 cm³/mol. The van der Waals surface area contributed by atoms with Crippen molar-refractivity contribution in [1.29, 1.82) is 0 Å². The summed E-state index contributed by atoms with van der Waals surface area (Å²) in [4.78, 5) is 26.4. The van der Waals surface area contributed by atoms with Gasteiger partial charge in [0.25, 0.3) is 5.69 Å². The Kier molecular flexibility index (Phi) is 4.74. The molecule has 1 aliphatic heterocycles. The van der Waals surface area contributed by atoms with Crippen LogP contribution in [-0.2, 0) is 4.79 Å². The SMILES string of the molecule is CNC(C)C(=O)N1CCN(c2cccc([N+](=O)[O-])c2)CC1. The van der Waals surface area contributed by atoms with Gasteiger partial charge in [-0.15, -0.1) is 0 Å². The number of carbonyl (C=O) groups excluding carboxylic acids is 1. The molecule has 0 bridgehead atoms. The average molecular weight is 292 g/mol. The highest BCUT2D eigenvalue weighted by molar-refractivity contribution is 5.81. The van der Waals surface area contributed by atoms with Crippen LogP contribution in [0, 0.1) is 10.1 Å². The van der Waals surface area contributed by atoms with Crippen LogP contribution < -0.4 is 10.2 Å². The fourth-order valence-corrected chi connectivity index (χ4v) is 2.39. The number of nitrogens with zero attached hydrogens (tertiary/aromatic N) is 3. The number of amides is 1. The highest BCUT2D eigenvalue weighted by Gasteiger charge is 2.24. The summed E-state index contributed by atoms with van der Waals surface area (Å²) in [6.07, 6.45) is 0. The zero-order valence-electron chi connectivity index (χ0n) is 12.3. The molecule has 0 aliphatic carbocycles. The molecule has 1 atom stereocenters. The zero-order chi connectivity index (χ0) is 15.4.